The Morgan fingerprint density at radius 3 is 2.35 bits per heavy atom. The zero-order chi connectivity index (χ0) is 33.5. The highest BCUT2D eigenvalue weighted by atomic mass is 19.1. The number of hydrogen-bond acceptors (Lipinski definition) is 7. The number of carbonyl (C=O) groups is 2. The number of H-pyrrole nitrogens is 2. The van der Waals surface area contributed by atoms with Gasteiger partial charge in [0.1, 0.15) is 17.5 Å². The Morgan fingerprint density at radius 1 is 0.854 bits per heavy atom. The molecule has 12 heteroatoms. The summed E-state index contributed by atoms with van der Waals surface area (Å²) in [6, 6.07) is 15.7. The molecular weight excluding hydrogens is 611 g/mol. The second kappa shape index (κ2) is 15.2. The van der Waals surface area contributed by atoms with Crippen LogP contribution in [0.4, 0.5) is 10.2 Å². The van der Waals surface area contributed by atoms with Gasteiger partial charge in [-0.2, -0.15) is 5.10 Å². The van der Waals surface area contributed by atoms with E-state index < -0.39 is 5.82 Å². The monoisotopic (exact) mass is 652 g/mol. The highest BCUT2D eigenvalue weighted by Crippen LogP contribution is 2.22. The van der Waals surface area contributed by atoms with Gasteiger partial charge in [-0.15, -0.1) is 0 Å². The number of aryl methyl sites for hydroxylation is 1. The number of hydrogen-bond donors (Lipinski definition) is 3. The lowest BCUT2D eigenvalue weighted by atomic mass is 10.0. The minimum atomic E-state index is -0.566. The molecule has 1 aliphatic heterocycles. The van der Waals surface area contributed by atoms with E-state index in [1.54, 1.807) is 29.2 Å². The highest BCUT2D eigenvalue weighted by Gasteiger charge is 2.25. The fourth-order valence-electron chi connectivity index (χ4n) is 6.36. The maximum atomic E-state index is 15.0. The Morgan fingerprint density at radius 2 is 1.58 bits per heavy atom. The van der Waals surface area contributed by atoms with Gasteiger partial charge in [-0.05, 0) is 48.7 Å². The summed E-state index contributed by atoms with van der Waals surface area (Å²) >= 11 is 0. The predicted octanol–water partition coefficient (Wildman–Crippen LogP) is 5.04. The van der Waals surface area contributed by atoms with E-state index in [2.05, 4.69) is 20.1 Å². The number of rotatable bonds is 14. The molecule has 1 aliphatic rings. The highest BCUT2D eigenvalue weighted by molar-refractivity contribution is 5.95. The summed E-state index contributed by atoms with van der Waals surface area (Å²) in [4.78, 5) is 53.2. The van der Waals surface area contributed by atoms with Gasteiger partial charge in [-0.1, -0.05) is 56.4 Å². The first-order chi connectivity index (χ1) is 23.4. The minimum Gasteiger partial charge on any atom is -0.370 e. The Kier molecular flexibility index (Phi) is 10.4. The van der Waals surface area contributed by atoms with Gasteiger partial charge in [0.15, 0.2) is 5.65 Å². The van der Waals surface area contributed by atoms with E-state index in [1.807, 2.05) is 24.3 Å². The van der Waals surface area contributed by atoms with E-state index >= 15 is 0 Å². The molecule has 0 spiro atoms. The molecule has 0 radical (unpaired) electrons. The Bertz CT molecular complexity index is 1960. The average Bonchev–Trinajstić information content (AvgIpc) is 3.51. The largest absolute Gasteiger partial charge is 0.370 e. The third kappa shape index (κ3) is 7.87. The number of piperazine rings is 1. The lowest BCUT2D eigenvalue weighted by Crippen LogP contribution is -2.49. The molecule has 2 amide bonds. The molecule has 4 N–H and O–H groups in total. The van der Waals surface area contributed by atoms with Crippen LogP contribution in [0, 0.1) is 5.82 Å². The van der Waals surface area contributed by atoms with Gasteiger partial charge >= 0.3 is 0 Å². The summed E-state index contributed by atoms with van der Waals surface area (Å²) in [5.74, 6) is 0.598. The maximum Gasteiger partial charge on any atom is 0.272 e. The third-order valence-corrected chi connectivity index (χ3v) is 9.02. The number of amides is 2. The average molecular weight is 653 g/mol. The minimum absolute atomic E-state index is 0.0264. The van der Waals surface area contributed by atoms with Crippen LogP contribution >= 0.6 is 0 Å². The van der Waals surface area contributed by atoms with Crippen molar-refractivity contribution in [2.24, 2.45) is 5.73 Å². The third-order valence-electron chi connectivity index (χ3n) is 9.02. The molecule has 0 aliphatic carbocycles. The molecule has 0 saturated carbocycles. The molecule has 250 valence electrons. The van der Waals surface area contributed by atoms with Crippen molar-refractivity contribution in [3.05, 3.63) is 93.4 Å². The van der Waals surface area contributed by atoms with Crippen molar-refractivity contribution in [3.63, 3.8) is 0 Å². The van der Waals surface area contributed by atoms with Gasteiger partial charge in [0.2, 0.25) is 5.91 Å². The maximum absolute atomic E-state index is 15.0. The van der Waals surface area contributed by atoms with Crippen molar-refractivity contribution in [2.75, 3.05) is 31.1 Å². The van der Waals surface area contributed by atoms with E-state index in [9.17, 15) is 18.8 Å². The van der Waals surface area contributed by atoms with Crippen LogP contribution in [0.1, 0.15) is 78.8 Å². The Balaban J connectivity index is 1.01. The fraction of sp³-hybridized carbons (Fsp3) is 0.389. The second-order valence-electron chi connectivity index (χ2n) is 12.5. The number of aromatic nitrogens is 5. The molecule has 11 nitrogen and oxygen atoms in total. The molecule has 48 heavy (non-hydrogen) atoms. The van der Waals surface area contributed by atoms with Crippen LogP contribution in [0.2, 0.25) is 0 Å². The normalized spacial score (nSPS) is 13.4. The summed E-state index contributed by atoms with van der Waals surface area (Å²) in [5, 5.41) is 8.02. The van der Waals surface area contributed by atoms with Gasteiger partial charge < -0.3 is 20.5 Å². The topological polar surface area (TPSA) is 154 Å². The van der Waals surface area contributed by atoms with Gasteiger partial charge in [0, 0.05) is 50.8 Å². The quantitative estimate of drug-likeness (QED) is 0.142. The number of nitrogens with zero attached hydrogens (tertiary/aromatic N) is 5. The zero-order valence-electron chi connectivity index (χ0n) is 27.0. The zero-order valence-corrected chi connectivity index (χ0v) is 27.0. The number of nitrogens with one attached hydrogen (secondary N) is 2. The number of pyridine rings is 1. The molecular formula is C36H41FN8O3. The first kappa shape index (κ1) is 32.8. The van der Waals surface area contributed by atoms with E-state index in [1.165, 1.54) is 6.07 Å². The van der Waals surface area contributed by atoms with E-state index in [0.29, 0.717) is 55.7 Å². The van der Waals surface area contributed by atoms with Gasteiger partial charge in [-0.25, -0.2) is 19.5 Å². The fourth-order valence-corrected chi connectivity index (χ4v) is 6.36. The smallest absolute Gasteiger partial charge is 0.272 e. The molecule has 1 fully saturated rings. The van der Waals surface area contributed by atoms with Crippen molar-refractivity contribution in [3.8, 4) is 0 Å². The lowest BCUT2D eigenvalue weighted by Gasteiger charge is -2.35. The van der Waals surface area contributed by atoms with E-state index in [0.717, 1.165) is 79.5 Å². The summed E-state index contributed by atoms with van der Waals surface area (Å²) in [6.07, 6.45) is 9.26. The molecule has 1 saturated heterocycles. The van der Waals surface area contributed by atoms with Crippen LogP contribution in [0.3, 0.4) is 0 Å². The Labute approximate surface area is 277 Å². The lowest BCUT2D eigenvalue weighted by molar-refractivity contribution is -0.118. The number of benzene rings is 2. The van der Waals surface area contributed by atoms with Crippen molar-refractivity contribution >= 4 is 39.6 Å². The van der Waals surface area contributed by atoms with Crippen LogP contribution in [-0.2, 0) is 17.6 Å². The number of carbonyl (C=O) groups excluding carboxylic acids is 2. The van der Waals surface area contributed by atoms with Crippen molar-refractivity contribution in [1.29, 1.82) is 0 Å². The molecule has 0 bridgehead atoms. The van der Waals surface area contributed by atoms with Crippen molar-refractivity contribution in [1.82, 2.24) is 30.0 Å². The van der Waals surface area contributed by atoms with E-state index in [-0.39, 0.29) is 22.9 Å². The van der Waals surface area contributed by atoms with Crippen LogP contribution in [0.15, 0.2) is 59.4 Å². The number of imidazole rings is 1. The standard InChI is InChI=1S/C36H41FN8O3/c37-28-15-14-24(23-30-25-10-8-9-11-26(25)35(47)43-42-30)22-27(28)36(48)45-20-18-44(19-21-45)33-17-16-29-34(41-33)40-32(39-29)13-7-5-3-1-2-4-6-12-31(38)46/h8-11,14-17,22H,1-7,12-13,18-21,23H2,(H2,38,46)(H,43,47)(H,39,40,41). The molecule has 3 aromatic heterocycles. The summed E-state index contributed by atoms with van der Waals surface area (Å²) < 4.78 is 15.0. The van der Waals surface area contributed by atoms with Crippen molar-refractivity contribution in [2.45, 2.75) is 64.2 Å². The number of nitrogens with two attached hydrogens (primary N) is 1. The Hall–Kier alpha value is -5.13. The van der Waals surface area contributed by atoms with Crippen LogP contribution in [0.5, 0.6) is 0 Å². The first-order valence-electron chi connectivity index (χ1n) is 16.8. The van der Waals surface area contributed by atoms with Gasteiger partial charge in [-0.3, -0.25) is 14.4 Å². The summed E-state index contributed by atoms with van der Waals surface area (Å²) in [7, 11) is 0. The molecule has 6 rings (SSSR count). The molecule has 0 unspecified atom stereocenters. The number of fused-ring (bicyclic) bond motifs is 2. The SMILES string of the molecule is NC(=O)CCCCCCCCCc1nc2nc(N3CCN(C(=O)c4cc(Cc5n[nH]c(=O)c6ccccc56)ccc4F)CC3)ccc2[nH]1. The number of unbranched alkanes of at least 4 members (excludes halogenated alkanes) is 6. The number of aromatic amines is 2. The number of halogens is 1. The van der Waals surface area contributed by atoms with Crippen LogP contribution in [0.25, 0.3) is 21.9 Å². The first-order valence-corrected chi connectivity index (χ1v) is 16.8. The summed E-state index contributed by atoms with van der Waals surface area (Å²) in [5.41, 5.74) is 7.91. The van der Waals surface area contributed by atoms with E-state index in [4.69, 9.17) is 15.7 Å². The number of primary amides is 1. The molecule has 4 heterocycles. The molecule has 2 aromatic carbocycles. The molecule has 0 atom stereocenters. The molecule has 5 aromatic rings. The summed E-state index contributed by atoms with van der Waals surface area (Å²) in [6.45, 7) is 2.01. The van der Waals surface area contributed by atoms with Gasteiger partial charge in [0.05, 0.1) is 22.2 Å². The number of anilines is 1. The van der Waals surface area contributed by atoms with Crippen LogP contribution in [-0.4, -0.2) is 68.0 Å². The van der Waals surface area contributed by atoms with Crippen LogP contribution < -0.4 is 16.2 Å². The second-order valence-corrected chi connectivity index (χ2v) is 12.5. The predicted molar refractivity (Wildman–Crippen MR) is 183 cm³/mol. The van der Waals surface area contributed by atoms with Crippen molar-refractivity contribution < 1.29 is 14.0 Å². The van der Waals surface area contributed by atoms with Gasteiger partial charge in [0.25, 0.3) is 11.5 Å².